The molecular weight excluding hydrogens is 296 g/mol. The lowest BCUT2D eigenvalue weighted by Crippen LogP contribution is -2.07. The molecule has 0 unspecified atom stereocenters. The van der Waals surface area contributed by atoms with Crippen molar-refractivity contribution in [3.05, 3.63) is 40.8 Å². The zero-order valence-electron chi connectivity index (χ0n) is 13.5. The van der Waals surface area contributed by atoms with Crippen LogP contribution in [0.5, 0.6) is 0 Å². The first-order valence-electron chi connectivity index (χ1n) is 7.69. The molecule has 22 heavy (non-hydrogen) atoms. The highest BCUT2D eigenvalue weighted by Gasteiger charge is 2.27. The molecule has 0 fully saturated rings. The van der Waals surface area contributed by atoms with E-state index in [0.717, 1.165) is 33.9 Å². The van der Waals surface area contributed by atoms with Crippen LogP contribution in [0.15, 0.2) is 18.2 Å². The van der Waals surface area contributed by atoms with E-state index in [9.17, 15) is 8.42 Å². The van der Waals surface area contributed by atoms with Gasteiger partial charge in [-0.25, -0.2) is 13.4 Å². The third-order valence-electron chi connectivity index (χ3n) is 4.13. The molecule has 2 heterocycles. The molecule has 0 saturated heterocycles. The number of H-pyrrole nitrogens is 1. The van der Waals surface area contributed by atoms with Crippen LogP contribution in [0, 0.1) is 0 Å². The van der Waals surface area contributed by atoms with Crippen molar-refractivity contribution in [1.82, 2.24) is 9.97 Å². The van der Waals surface area contributed by atoms with Crippen molar-refractivity contribution < 1.29 is 8.42 Å². The summed E-state index contributed by atoms with van der Waals surface area (Å²) in [7, 11) is -3.17. The molecular formula is C17H22N2O2S. The van der Waals surface area contributed by atoms with E-state index in [0.29, 0.717) is 5.92 Å². The summed E-state index contributed by atoms with van der Waals surface area (Å²) >= 11 is 0. The van der Waals surface area contributed by atoms with Crippen molar-refractivity contribution >= 4 is 9.84 Å². The van der Waals surface area contributed by atoms with Crippen LogP contribution in [-0.2, 0) is 21.3 Å². The molecule has 1 aliphatic heterocycles. The molecule has 1 N–H and O–H groups in total. The number of nitrogens with one attached hydrogen (secondary N) is 1. The molecule has 0 atom stereocenters. The second-order valence-corrected chi connectivity index (χ2v) is 8.77. The summed E-state index contributed by atoms with van der Waals surface area (Å²) in [4.78, 5) is 7.89. The number of hydrogen-bond acceptors (Lipinski definition) is 3. The van der Waals surface area contributed by atoms with Gasteiger partial charge in [-0.05, 0) is 17.0 Å². The van der Waals surface area contributed by atoms with E-state index in [1.165, 1.54) is 0 Å². The molecule has 1 aromatic heterocycles. The van der Waals surface area contributed by atoms with Gasteiger partial charge >= 0.3 is 0 Å². The second-order valence-electron chi connectivity index (χ2n) is 6.71. The Kier molecular flexibility index (Phi) is 3.63. The van der Waals surface area contributed by atoms with Gasteiger partial charge in [-0.2, -0.15) is 0 Å². The van der Waals surface area contributed by atoms with Gasteiger partial charge < -0.3 is 4.98 Å². The van der Waals surface area contributed by atoms with Gasteiger partial charge in [0.05, 0.1) is 22.9 Å². The van der Waals surface area contributed by atoms with Crippen LogP contribution in [-0.4, -0.2) is 18.4 Å². The highest BCUT2D eigenvalue weighted by atomic mass is 32.2. The van der Waals surface area contributed by atoms with E-state index in [4.69, 9.17) is 0 Å². The van der Waals surface area contributed by atoms with Crippen LogP contribution in [0.4, 0.5) is 0 Å². The number of aromatic amines is 1. The number of rotatable bonds is 2. The zero-order chi connectivity index (χ0) is 16.1. The van der Waals surface area contributed by atoms with Crippen LogP contribution in [0.2, 0.25) is 0 Å². The van der Waals surface area contributed by atoms with E-state index >= 15 is 0 Å². The molecule has 1 aliphatic rings. The maximum Gasteiger partial charge on any atom is 0.160 e. The van der Waals surface area contributed by atoms with E-state index in [-0.39, 0.29) is 17.4 Å². The monoisotopic (exact) mass is 318 g/mol. The lowest BCUT2D eigenvalue weighted by atomic mass is 9.96. The van der Waals surface area contributed by atoms with Crippen LogP contribution >= 0.6 is 0 Å². The normalized spacial score (nSPS) is 16.5. The first-order chi connectivity index (χ1) is 10.3. The number of hydrogen-bond donors (Lipinski definition) is 1. The van der Waals surface area contributed by atoms with Crippen molar-refractivity contribution in [1.29, 1.82) is 0 Å². The molecule has 0 radical (unpaired) electrons. The van der Waals surface area contributed by atoms with Crippen LogP contribution in [0.25, 0.3) is 11.3 Å². The number of benzene rings is 1. The number of nitrogens with zero attached hydrogens (tertiary/aromatic N) is 1. The quantitative estimate of drug-likeness (QED) is 0.917. The van der Waals surface area contributed by atoms with Gasteiger partial charge in [0.25, 0.3) is 0 Å². The highest BCUT2D eigenvalue weighted by molar-refractivity contribution is 7.89. The first kappa shape index (κ1) is 15.3. The van der Waals surface area contributed by atoms with Gasteiger partial charge in [-0.1, -0.05) is 45.9 Å². The minimum atomic E-state index is -3.17. The van der Waals surface area contributed by atoms with Gasteiger partial charge in [-0.3, -0.25) is 0 Å². The smallest absolute Gasteiger partial charge is 0.160 e. The third kappa shape index (κ3) is 2.70. The lowest BCUT2D eigenvalue weighted by molar-refractivity contribution is 0.594. The molecule has 0 bridgehead atoms. The van der Waals surface area contributed by atoms with Crippen molar-refractivity contribution in [2.24, 2.45) is 0 Å². The molecule has 5 heteroatoms. The van der Waals surface area contributed by atoms with Gasteiger partial charge in [0, 0.05) is 11.5 Å². The average Bonchev–Trinajstić information content (AvgIpc) is 2.76. The summed E-state index contributed by atoms with van der Waals surface area (Å²) < 4.78 is 24.8. The molecule has 118 valence electrons. The highest BCUT2D eigenvalue weighted by Crippen LogP contribution is 2.35. The van der Waals surface area contributed by atoms with E-state index < -0.39 is 9.84 Å². The van der Waals surface area contributed by atoms with Gasteiger partial charge in [0.15, 0.2) is 9.84 Å². The topological polar surface area (TPSA) is 62.8 Å². The van der Waals surface area contributed by atoms with Crippen molar-refractivity contribution in [3.63, 3.8) is 0 Å². The molecule has 1 aromatic carbocycles. The fourth-order valence-electron chi connectivity index (χ4n) is 2.86. The van der Waals surface area contributed by atoms with E-state index in [2.05, 4.69) is 43.7 Å². The molecule has 3 rings (SSSR count). The standard InChI is InChI=1S/C17H22N2O2S/c1-10(2)12-5-6-14-13(7-12)8-22(20,21)9-15-16(14)19-17(18-15)11(3)4/h5-7,10-11H,8-9H2,1-4H3,(H,18,19). The lowest BCUT2D eigenvalue weighted by Gasteiger charge is -2.11. The zero-order valence-corrected chi connectivity index (χ0v) is 14.3. The number of fused-ring (bicyclic) bond motifs is 3. The predicted octanol–water partition coefficient (Wildman–Crippen LogP) is 3.75. The molecule has 0 aliphatic carbocycles. The van der Waals surface area contributed by atoms with Gasteiger partial charge in [-0.15, -0.1) is 0 Å². The maximum absolute atomic E-state index is 12.4. The number of aromatic nitrogens is 2. The first-order valence-corrected chi connectivity index (χ1v) is 9.51. The number of imidazole rings is 1. The Labute approximate surface area is 131 Å². The molecule has 0 saturated carbocycles. The number of sulfone groups is 1. The summed E-state index contributed by atoms with van der Waals surface area (Å²) in [6, 6.07) is 6.13. The van der Waals surface area contributed by atoms with Crippen molar-refractivity contribution in [2.75, 3.05) is 0 Å². The Morgan fingerprint density at radius 2 is 1.82 bits per heavy atom. The summed E-state index contributed by atoms with van der Waals surface area (Å²) in [6.45, 7) is 8.33. The summed E-state index contributed by atoms with van der Waals surface area (Å²) in [5, 5.41) is 0. The fourth-order valence-corrected chi connectivity index (χ4v) is 4.32. The molecule has 0 spiro atoms. The van der Waals surface area contributed by atoms with Crippen LogP contribution in [0.1, 0.15) is 62.2 Å². The second kappa shape index (κ2) is 5.23. The molecule has 4 nitrogen and oxygen atoms in total. The summed E-state index contributed by atoms with van der Waals surface area (Å²) in [5.41, 5.74) is 4.50. The Hall–Kier alpha value is -1.62. The molecule has 2 aromatic rings. The van der Waals surface area contributed by atoms with Crippen LogP contribution in [0.3, 0.4) is 0 Å². The van der Waals surface area contributed by atoms with Crippen molar-refractivity contribution in [3.8, 4) is 11.3 Å². The molecule has 0 amide bonds. The Bertz CT molecular complexity index is 817. The van der Waals surface area contributed by atoms with E-state index in [1.54, 1.807) is 0 Å². The Balaban J connectivity index is 2.24. The predicted molar refractivity (Wildman–Crippen MR) is 88.5 cm³/mol. The average molecular weight is 318 g/mol. The van der Waals surface area contributed by atoms with E-state index in [1.807, 2.05) is 12.1 Å². The Morgan fingerprint density at radius 3 is 2.45 bits per heavy atom. The van der Waals surface area contributed by atoms with Crippen molar-refractivity contribution in [2.45, 2.75) is 51.0 Å². The van der Waals surface area contributed by atoms with Gasteiger partial charge in [0.1, 0.15) is 5.82 Å². The minimum absolute atomic E-state index is 0.0355. The summed E-state index contributed by atoms with van der Waals surface area (Å²) in [5.74, 6) is 1.59. The Morgan fingerprint density at radius 1 is 1.09 bits per heavy atom. The third-order valence-corrected chi connectivity index (χ3v) is 5.61. The fraction of sp³-hybridized carbons (Fsp3) is 0.471. The van der Waals surface area contributed by atoms with Gasteiger partial charge in [0.2, 0.25) is 0 Å². The summed E-state index contributed by atoms with van der Waals surface area (Å²) in [6.07, 6.45) is 0. The minimum Gasteiger partial charge on any atom is -0.344 e. The largest absolute Gasteiger partial charge is 0.344 e. The SMILES string of the molecule is CC(C)c1ccc2c(c1)CS(=O)(=O)Cc1[nH]c(C(C)C)nc1-2. The van der Waals surface area contributed by atoms with Crippen LogP contribution < -0.4 is 0 Å². The maximum atomic E-state index is 12.4.